The van der Waals surface area contributed by atoms with Gasteiger partial charge in [0.05, 0.1) is 0 Å². The number of aryl methyl sites for hydroxylation is 2. The highest BCUT2D eigenvalue weighted by molar-refractivity contribution is 7.99. The molecule has 0 saturated carbocycles. The molecule has 0 saturated heterocycles. The molecule has 0 aliphatic heterocycles. The van der Waals surface area contributed by atoms with E-state index < -0.39 is 0 Å². The first-order valence-electron chi connectivity index (χ1n) is 9.42. The molecule has 2 N–H and O–H groups in total. The molecule has 0 spiro atoms. The molecule has 10 heteroatoms. The summed E-state index contributed by atoms with van der Waals surface area (Å²) in [6.07, 6.45) is 4.33. The van der Waals surface area contributed by atoms with Crippen molar-refractivity contribution in [1.82, 2.24) is 34.8 Å². The minimum atomic E-state index is 0.529. The number of anilines is 2. The van der Waals surface area contributed by atoms with Crippen LogP contribution in [0.1, 0.15) is 18.5 Å². The molecule has 0 aliphatic carbocycles. The number of rotatable bonds is 6. The first kappa shape index (κ1) is 18.4. The molecule has 5 aromatic rings. The minimum absolute atomic E-state index is 0.529. The number of imidazole rings is 1. The fourth-order valence-electron chi connectivity index (χ4n) is 2.94. The number of H-pyrrole nitrogens is 1. The van der Waals surface area contributed by atoms with Gasteiger partial charge in [0, 0.05) is 47.1 Å². The van der Waals surface area contributed by atoms with Gasteiger partial charge in [-0.05, 0) is 31.2 Å². The van der Waals surface area contributed by atoms with Crippen LogP contribution in [0.15, 0.2) is 63.1 Å². The van der Waals surface area contributed by atoms with Crippen LogP contribution >= 0.6 is 11.8 Å². The molecule has 0 radical (unpaired) electrons. The molecule has 4 heterocycles. The molecule has 0 bridgehead atoms. The Kier molecular flexibility index (Phi) is 4.68. The van der Waals surface area contributed by atoms with E-state index in [1.807, 2.05) is 60.8 Å². The molecule has 150 valence electrons. The van der Waals surface area contributed by atoms with Gasteiger partial charge in [-0.3, -0.25) is 9.50 Å². The van der Waals surface area contributed by atoms with Crippen molar-refractivity contribution in [3.8, 4) is 11.5 Å². The van der Waals surface area contributed by atoms with E-state index in [4.69, 9.17) is 9.40 Å². The number of aromatic nitrogens is 7. The summed E-state index contributed by atoms with van der Waals surface area (Å²) in [4.78, 5) is 10.2. The van der Waals surface area contributed by atoms with Crippen LogP contribution < -0.4 is 5.32 Å². The maximum Gasteiger partial charge on any atom is 0.247 e. The lowest BCUT2D eigenvalue weighted by molar-refractivity contribution is 0.513. The zero-order valence-electron chi connectivity index (χ0n) is 16.3. The molecule has 0 aliphatic rings. The summed E-state index contributed by atoms with van der Waals surface area (Å²) in [5.74, 6) is 2.51. The second-order valence-electron chi connectivity index (χ2n) is 6.62. The largest absolute Gasteiger partial charge is 0.421 e. The Morgan fingerprint density at radius 1 is 1.17 bits per heavy atom. The summed E-state index contributed by atoms with van der Waals surface area (Å²) in [5.41, 5.74) is 2.66. The van der Waals surface area contributed by atoms with E-state index in [9.17, 15) is 0 Å². The molecule has 30 heavy (non-hydrogen) atoms. The van der Waals surface area contributed by atoms with Crippen molar-refractivity contribution >= 4 is 29.2 Å². The monoisotopic (exact) mass is 418 g/mol. The van der Waals surface area contributed by atoms with Gasteiger partial charge < -0.3 is 9.73 Å². The maximum atomic E-state index is 5.62. The summed E-state index contributed by atoms with van der Waals surface area (Å²) in [5, 5.41) is 19.3. The van der Waals surface area contributed by atoms with E-state index >= 15 is 0 Å². The Morgan fingerprint density at radius 2 is 2.03 bits per heavy atom. The number of hydrogen-bond donors (Lipinski definition) is 2. The average Bonchev–Trinajstić information content (AvgIpc) is 3.49. The Morgan fingerprint density at radius 3 is 2.77 bits per heavy atom. The van der Waals surface area contributed by atoms with Crippen LogP contribution in [-0.4, -0.2) is 34.8 Å². The molecule has 0 unspecified atom stereocenters. The lowest BCUT2D eigenvalue weighted by Gasteiger charge is -2.08. The van der Waals surface area contributed by atoms with Crippen LogP contribution in [0.4, 0.5) is 11.8 Å². The van der Waals surface area contributed by atoms with Gasteiger partial charge in [0.2, 0.25) is 17.7 Å². The highest BCUT2D eigenvalue weighted by atomic mass is 32.2. The summed E-state index contributed by atoms with van der Waals surface area (Å²) < 4.78 is 7.51. The van der Waals surface area contributed by atoms with Gasteiger partial charge in [-0.2, -0.15) is 5.10 Å². The fourth-order valence-corrected chi connectivity index (χ4v) is 3.75. The van der Waals surface area contributed by atoms with Crippen molar-refractivity contribution in [2.75, 3.05) is 5.32 Å². The third-order valence-corrected chi connectivity index (χ3v) is 5.33. The van der Waals surface area contributed by atoms with Crippen LogP contribution in [0.25, 0.3) is 17.1 Å². The highest BCUT2D eigenvalue weighted by Crippen LogP contribution is 2.30. The van der Waals surface area contributed by atoms with Gasteiger partial charge in [-0.25, -0.2) is 9.97 Å². The lowest BCUT2D eigenvalue weighted by atomic mass is 10.2. The second-order valence-corrected chi connectivity index (χ2v) is 7.71. The van der Waals surface area contributed by atoms with Crippen molar-refractivity contribution in [1.29, 1.82) is 0 Å². The van der Waals surface area contributed by atoms with Gasteiger partial charge in [0.1, 0.15) is 10.7 Å². The molecule has 0 fully saturated rings. The van der Waals surface area contributed by atoms with E-state index in [-0.39, 0.29) is 0 Å². The van der Waals surface area contributed by atoms with Crippen LogP contribution in [0.3, 0.4) is 0 Å². The first-order chi connectivity index (χ1) is 14.7. The standard InChI is InChI=1S/C20H18N8OS/c1-3-17-26-27-19(29-17)13-4-6-14(7-5-13)30-18-11-16-21-8-9-28(16)20(23-18)22-15-10-12(2)24-25-15/h4-11H,3H2,1-2H3,(H2,22,23,24,25). The topological polar surface area (TPSA) is 110 Å². The Balaban J connectivity index is 1.41. The summed E-state index contributed by atoms with van der Waals surface area (Å²) >= 11 is 1.55. The van der Waals surface area contributed by atoms with Crippen molar-refractivity contribution in [2.24, 2.45) is 0 Å². The van der Waals surface area contributed by atoms with E-state index in [0.29, 0.717) is 23.5 Å². The lowest BCUT2D eigenvalue weighted by Crippen LogP contribution is -2.02. The molecule has 5 rings (SSSR count). The van der Waals surface area contributed by atoms with Crippen molar-refractivity contribution in [3.63, 3.8) is 0 Å². The quantitative estimate of drug-likeness (QED) is 0.394. The third kappa shape index (κ3) is 3.64. The molecule has 0 atom stereocenters. The average molecular weight is 418 g/mol. The molecular weight excluding hydrogens is 400 g/mol. The zero-order chi connectivity index (χ0) is 20.5. The minimum Gasteiger partial charge on any atom is -0.421 e. The second kappa shape index (κ2) is 7.64. The van der Waals surface area contributed by atoms with E-state index in [0.717, 1.165) is 33.2 Å². The number of benzene rings is 1. The Labute approximate surface area is 176 Å². The Bertz CT molecular complexity index is 1300. The predicted octanol–water partition coefficient (Wildman–Crippen LogP) is 4.27. The highest BCUT2D eigenvalue weighted by Gasteiger charge is 2.11. The van der Waals surface area contributed by atoms with E-state index in [1.165, 1.54) is 0 Å². The first-order valence-corrected chi connectivity index (χ1v) is 10.2. The molecule has 9 nitrogen and oxygen atoms in total. The number of aromatic amines is 1. The maximum absolute atomic E-state index is 5.62. The van der Waals surface area contributed by atoms with Crippen LogP contribution in [0, 0.1) is 6.92 Å². The van der Waals surface area contributed by atoms with Crippen LogP contribution in [0.5, 0.6) is 0 Å². The molecular formula is C20H18N8OS. The number of fused-ring (bicyclic) bond motifs is 1. The van der Waals surface area contributed by atoms with Gasteiger partial charge in [-0.1, -0.05) is 18.7 Å². The summed E-state index contributed by atoms with van der Waals surface area (Å²) in [6.45, 7) is 3.93. The number of hydrogen-bond acceptors (Lipinski definition) is 8. The fraction of sp³-hybridized carbons (Fsp3) is 0.150. The van der Waals surface area contributed by atoms with Crippen molar-refractivity contribution in [2.45, 2.75) is 30.2 Å². The summed E-state index contributed by atoms with van der Waals surface area (Å²) in [7, 11) is 0. The van der Waals surface area contributed by atoms with E-state index in [2.05, 4.69) is 30.7 Å². The molecule has 0 amide bonds. The predicted molar refractivity (Wildman–Crippen MR) is 113 cm³/mol. The zero-order valence-corrected chi connectivity index (χ0v) is 17.1. The van der Waals surface area contributed by atoms with Gasteiger partial charge >= 0.3 is 0 Å². The number of nitrogens with one attached hydrogen (secondary N) is 2. The molecule has 1 aromatic carbocycles. The van der Waals surface area contributed by atoms with Gasteiger partial charge in [0.25, 0.3) is 0 Å². The van der Waals surface area contributed by atoms with E-state index in [1.54, 1.807) is 18.0 Å². The SMILES string of the molecule is CCc1nnc(-c2ccc(Sc3cc4nccn4c(Nc4cc(C)[nH]n4)n3)cc2)o1. The molecule has 4 aromatic heterocycles. The Hall–Kier alpha value is -3.66. The smallest absolute Gasteiger partial charge is 0.247 e. The van der Waals surface area contributed by atoms with Crippen LogP contribution in [0.2, 0.25) is 0 Å². The third-order valence-electron chi connectivity index (χ3n) is 4.41. The normalized spacial score (nSPS) is 11.3. The van der Waals surface area contributed by atoms with Crippen LogP contribution in [-0.2, 0) is 6.42 Å². The van der Waals surface area contributed by atoms with Gasteiger partial charge in [-0.15, -0.1) is 10.2 Å². The van der Waals surface area contributed by atoms with Crippen molar-refractivity contribution < 1.29 is 4.42 Å². The summed E-state index contributed by atoms with van der Waals surface area (Å²) in [6, 6.07) is 11.8. The van der Waals surface area contributed by atoms with Gasteiger partial charge in [0.15, 0.2) is 5.82 Å². The van der Waals surface area contributed by atoms with Crippen molar-refractivity contribution in [3.05, 3.63) is 60.4 Å². The number of nitrogens with zero attached hydrogens (tertiary/aromatic N) is 6.